The van der Waals surface area contributed by atoms with Crippen LogP contribution in [0.15, 0.2) is 12.1 Å². The number of H-pyrrole nitrogens is 2. The van der Waals surface area contributed by atoms with E-state index in [1.807, 2.05) is 13.8 Å². The summed E-state index contributed by atoms with van der Waals surface area (Å²) in [6.07, 6.45) is 2.78. The Hall–Kier alpha value is -4.88. The van der Waals surface area contributed by atoms with E-state index in [-0.39, 0.29) is 69.4 Å². The van der Waals surface area contributed by atoms with Crippen LogP contribution in [0.3, 0.4) is 0 Å². The standard InChI is InChI=1S/C26H30N4O10/c1-5-7-9-39-25-13(29(33)34)11-15(37-3)19-17(25)23(31)21(27-19)22-24(32)18-20(28-22)16(38-4)12-14(30(35)36)26(18)40-10-8-6-2/h11-12,27-28,31-32H,5-10H2,1-4H3. The third kappa shape index (κ3) is 4.72. The van der Waals surface area contributed by atoms with Crippen molar-refractivity contribution in [3.8, 4) is 45.9 Å². The zero-order valence-corrected chi connectivity index (χ0v) is 22.5. The highest BCUT2D eigenvalue weighted by molar-refractivity contribution is 6.08. The van der Waals surface area contributed by atoms with Crippen LogP contribution in [0.4, 0.5) is 11.4 Å². The largest absolute Gasteiger partial charge is 0.505 e. The Morgan fingerprint density at radius 3 is 1.43 bits per heavy atom. The van der Waals surface area contributed by atoms with Gasteiger partial charge in [0.05, 0.1) is 71.2 Å². The van der Waals surface area contributed by atoms with Crippen molar-refractivity contribution in [1.82, 2.24) is 9.97 Å². The number of nitro benzene ring substituents is 2. The third-order valence-electron chi connectivity index (χ3n) is 6.47. The molecule has 0 unspecified atom stereocenters. The quantitative estimate of drug-likeness (QED) is 0.0868. The minimum atomic E-state index is -0.639. The molecule has 0 atom stereocenters. The Morgan fingerprint density at radius 2 is 1.12 bits per heavy atom. The van der Waals surface area contributed by atoms with Crippen LogP contribution in [0.25, 0.3) is 33.2 Å². The van der Waals surface area contributed by atoms with Gasteiger partial charge in [0.15, 0.2) is 11.5 Å². The summed E-state index contributed by atoms with van der Waals surface area (Å²) < 4.78 is 22.2. The van der Waals surface area contributed by atoms with Gasteiger partial charge in [-0.25, -0.2) is 0 Å². The van der Waals surface area contributed by atoms with Gasteiger partial charge in [0.2, 0.25) is 11.5 Å². The van der Waals surface area contributed by atoms with E-state index in [0.29, 0.717) is 12.8 Å². The molecule has 0 bridgehead atoms. The summed E-state index contributed by atoms with van der Waals surface area (Å²) in [5.74, 6) is -1.15. The number of aromatic amines is 2. The molecule has 0 amide bonds. The number of ether oxygens (including phenoxy) is 4. The lowest BCUT2D eigenvalue weighted by Crippen LogP contribution is -2.01. The molecule has 0 aliphatic carbocycles. The molecule has 2 aromatic heterocycles. The number of rotatable bonds is 13. The molecule has 0 aliphatic rings. The Balaban J connectivity index is 2.04. The molecule has 214 valence electrons. The number of aromatic nitrogens is 2. The fraction of sp³-hybridized carbons (Fsp3) is 0.385. The first kappa shape index (κ1) is 28.1. The summed E-state index contributed by atoms with van der Waals surface area (Å²) >= 11 is 0. The van der Waals surface area contributed by atoms with Crippen molar-refractivity contribution >= 4 is 33.2 Å². The second-order valence-electron chi connectivity index (χ2n) is 8.97. The molecule has 0 saturated carbocycles. The summed E-state index contributed by atoms with van der Waals surface area (Å²) in [6.45, 7) is 4.20. The second kappa shape index (κ2) is 11.5. The lowest BCUT2D eigenvalue weighted by molar-refractivity contribution is -0.385. The van der Waals surface area contributed by atoms with E-state index in [1.54, 1.807) is 0 Å². The van der Waals surface area contributed by atoms with E-state index < -0.39 is 32.7 Å². The van der Waals surface area contributed by atoms with Crippen LogP contribution >= 0.6 is 0 Å². The summed E-state index contributed by atoms with van der Waals surface area (Å²) in [7, 11) is 2.63. The number of fused-ring (bicyclic) bond motifs is 2. The molecule has 0 radical (unpaired) electrons. The molecule has 2 aromatic carbocycles. The minimum absolute atomic E-state index is 0.0208. The number of unbranched alkanes of at least 4 members (excludes halogenated alkanes) is 2. The molecule has 2 heterocycles. The van der Waals surface area contributed by atoms with Gasteiger partial charge in [-0.2, -0.15) is 0 Å². The predicted molar refractivity (Wildman–Crippen MR) is 146 cm³/mol. The van der Waals surface area contributed by atoms with Crippen LogP contribution in [-0.4, -0.2) is 57.5 Å². The van der Waals surface area contributed by atoms with Crippen molar-refractivity contribution in [3.05, 3.63) is 32.4 Å². The molecule has 0 fully saturated rings. The van der Waals surface area contributed by atoms with Crippen LogP contribution < -0.4 is 18.9 Å². The molecule has 4 aromatic rings. The van der Waals surface area contributed by atoms with E-state index >= 15 is 0 Å². The third-order valence-corrected chi connectivity index (χ3v) is 6.47. The van der Waals surface area contributed by atoms with Gasteiger partial charge in [-0.05, 0) is 12.8 Å². The second-order valence-corrected chi connectivity index (χ2v) is 8.97. The fourth-order valence-corrected chi connectivity index (χ4v) is 4.46. The SMILES string of the molecule is CCCCOc1c([N+](=O)[O-])cc(OC)c2[nH]c(-c3[nH]c4c(OC)cc([N+](=O)[O-])c(OCCCC)c4c3O)c(O)c12. The summed E-state index contributed by atoms with van der Waals surface area (Å²) in [5.41, 5.74) is -0.582. The van der Waals surface area contributed by atoms with E-state index in [1.165, 1.54) is 26.4 Å². The lowest BCUT2D eigenvalue weighted by atomic mass is 10.1. The average Bonchev–Trinajstić information content (AvgIpc) is 3.45. The molecular formula is C26H30N4O10. The fourth-order valence-electron chi connectivity index (χ4n) is 4.46. The van der Waals surface area contributed by atoms with Crippen LogP contribution in [0.2, 0.25) is 0 Å². The first-order valence-corrected chi connectivity index (χ1v) is 12.7. The summed E-state index contributed by atoms with van der Waals surface area (Å²) in [4.78, 5) is 28.4. The van der Waals surface area contributed by atoms with Crippen molar-refractivity contribution in [3.63, 3.8) is 0 Å². The minimum Gasteiger partial charge on any atom is -0.505 e. The Bertz CT molecular complexity index is 1470. The van der Waals surface area contributed by atoms with E-state index in [4.69, 9.17) is 18.9 Å². The van der Waals surface area contributed by atoms with Crippen LogP contribution in [-0.2, 0) is 0 Å². The maximum Gasteiger partial charge on any atom is 0.315 e. The van der Waals surface area contributed by atoms with Crippen molar-refractivity contribution < 1.29 is 39.0 Å². The van der Waals surface area contributed by atoms with Gasteiger partial charge in [0.25, 0.3) is 0 Å². The number of nitrogens with zero attached hydrogens (tertiary/aromatic N) is 2. The highest BCUT2D eigenvalue weighted by Gasteiger charge is 2.33. The van der Waals surface area contributed by atoms with Crippen LogP contribution in [0.5, 0.6) is 34.5 Å². The van der Waals surface area contributed by atoms with Gasteiger partial charge in [-0.15, -0.1) is 0 Å². The topological polar surface area (TPSA) is 195 Å². The molecule has 14 nitrogen and oxygen atoms in total. The maximum absolute atomic E-state index is 11.9. The number of methoxy groups -OCH3 is 2. The number of nitrogens with one attached hydrogen (secondary N) is 2. The Kier molecular flexibility index (Phi) is 8.07. The molecule has 0 saturated heterocycles. The Labute approximate surface area is 227 Å². The average molecular weight is 559 g/mol. The smallest absolute Gasteiger partial charge is 0.315 e. The Morgan fingerprint density at radius 1 is 0.750 bits per heavy atom. The van der Waals surface area contributed by atoms with E-state index in [2.05, 4.69) is 9.97 Å². The van der Waals surface area contributed by atoms with Gasteiger partial charge < -0.3 is 39.1 Å². The van der Waals surface area contributed by atoms with Gasteiger partial charge in [0.1, 0.15) is 22.9 Å². The highest BCUT2D eigenvalue weighted by atomic mass is 16.6. The van der Waals surface area contributed by atoms with Gasteiger partial charge >= 0.3 is 11.4 Å². The zero-order valence-electron chi connectivity index (χ0n) is 22.5. The van der Waals surface area contributed by atoms with Crippen molar-refractivity contribution in [2.24, 2.45) is 0 Å². The maximum atomic E-state index is 11.9. The number of benzene rings is 2. The summed E-state index contributed by atoms with van der Waals surface area (Å²) in [5, 5.41) is 46.5. The first-order chi connectivity index (χ1) is 19.2. The van der Waals surface area contributed by atoms with Gasteiger partial charge in [-0.3, -0.25) is 20.2 Å². The molecule has 4 rings (SSSR count). The first-order valence-electron chi connectivity index (χ1n) is 12.7. The van der Waals surface area contributed by atoms with Gasteiger partial charge in [-0.1, -0.05) is 26.7 Å². The van der Waals surface area contributed by atoms with Crippen LogP contribution in [0.1, 0.15) is 39.5 Å². The number of nitro groups is 2. The number of aromatic hydroxyl groups is 2. The predicted octanol–water partition coefficient (Wildman–Crippen LogP) is 5.92. The van der Waals surface area contributed by atoms with Crippen molar-refractivity contribution in [1.29, 1.82) is 0 Å². The molecule has 40 heavy (non-hydrogen) atoms. The summed E-state index contributed by atoms with van der Waals surface area (Å²) in [6, 6.07) is 2.36. The number of hydrogen-bond donors (Lipinski definition) is 4. The monoisotopic (exact) mass is 558 g/mol. The number of hydrogen-bond acceptors (Lipinski definition) is 10. The van der Waals surface area contributed by atoms with E-state index in [9.17, 15) is 30.4 Å². The van der Waals surface area contributed by atoms with Gasteiger partial charge in [0, 0.05) is 0 Å². The van der Waals surface area contributed by atoms with Crippen LogP contribution in [0, 0.1) is 20.2 Å². The zero-order chi connectivity index (χ0) is 29.1. The molecular weight excluding hydrogens is 528 g/mol. The molecule has 0 aliphatic heterocycles. The van der Waals surface area contributed by atoms with E-state index in [0.717, 1.165) is 12.8 Å². The van der Waals surface area contributed by atoms with Crippen molar-refractivity contribution in [2.75, 3.05) is 27.4 Å². The highest BCUT2D eigenvalue weighted by Crippen LogP contribution is 2.53. The molecule has 14 heteroatoms. The van der Waals surface area contributed by atoms with Crippen molar-refractivity contribution in [2.45, 2.75) is 39.5 Å². The normalized spacial score (nSPS) is 11.2. The molecule has 4 N–H and O–H groups in total. The lowest BCUT2D eigenvalue weighted by Gasteiger charge is -2.10. The molecule has 0 spiro atoms.